The molecular weight excluding hydrogens is 338 g/mol. The van der Waals surface area contributed by atoms with E-state index < -0.39 is 17.9 Å². The summed E-state index contributed by atoms with van der Waals surface area (Å²) in [7, 11) is 2.99. The number of carboxylic acid groups (broad SMARTS) is 1. The topological polar surface area (TPSA) is 111 Å². The SMILES string of the molecule is COc1ccc(C(CC(=O)O)NC(=O)c2cnc(C)nc2C)c(OC)c1. The lowest BCUT2D eigenvalue weighted by Crippen LogP contribution is -2.31. The predicted molar refractivity (Wildman–Crippen MR) is 93.5 cm³/mol. The summed E-state index contributed by atoms with van der Waals surface area (Å²) in [6, 6.07) is 4.20. The number of benzene rings is 1. The molecule has 0 aliphatic rings. The summed E-state index contributed by atoms with van der Waals surface area (Å²) in [6.45, 7) is 3.42. The van der Waals surface area contributed by atoms with Crippen molar-refractivity contribution in [2.24, 2.45) is 0 Å². The Morgan fingerprint density at radius 3 is 2.54 bits per heavy atom. The van der Waals surface area contributed by atoms with Crippen molar-refractivity contribution >= 4 is 11.9 Å². The van der Waals surface area contributed by atoms with Crippen LogP contribution in [0.3, 0.4) is 0 Å². The fourth-order valence-corrected chi connectivity index (χ4v) is 2.56. The number of carboxylic acids is 1. The van der Waals surface area contributed by atoms with Gasteiger partial charge in [-0.3, -0.25) is 9.59 Å². The van der Waals surface area contributed by atoms with Crippen LogP contribution in [-0.4, -0.2) is 41.2 Å². The number of amides is 1. The van der Waals surface area contributed by atoms with Crippen LogP contribution in [0.2, 0.25) is 0 Å². The molecule has 138 valence electrons. The number of carbonyl (C=O) groups is 2. The monoisotopic (exact) mass is 359 g/mol. The van der Waals surface area contributed by atoms with Gasteiger partial charge in [-0.1, -0.05) is 0 Å². The predicted octanol–water partition coefficient (Wildman–Crippen LogP) is 2.06. The first-order chi connectivity index (χ1) is 12.3. The van der Waals surface area contributed by atoms with Crippen molar-refractivity contribution < 1.29 is 24.2 Å². The highest BCUT2D eigenvalue weighted by atomic mass is 16.5. The van der Waals surface area contributed by atoms with Gasteiger partial charge in [0.2, 0.25) is 0 Å². The largest absolute Gasteiger partial charge is 0.497 e. The van der Waals surface area contributed by atoms with E-state index in [1.807, 2.05) is 0 Å². The van der Waals surface area contributed by atoms with E-state index in [0.717, 1.165) is 0 Å². The van der Waals surface area contributed by atoms with Crippen molar-refractivity contribution in [2.45, 2.75) is 26.3 Å². The van der Waals surface area contributed by atoms with Gasteiger partial charge in [0.25, 0.3) is 5.91 Å². The van der Waals surface area contributed by atoms with Crippen LogP contribution in [0.4, 0.5) is 0 Å². The van der Waals surface area contributed by atoms with Crippen molar-refractivity contribution in [3.63, 3.8) is 0 Å². The molecule has 1 unspecified atom stereocenters. The summed E-state index contributed by atoms with van der Waals surface area (Å²) in [6.07, 6.45) is 1.12. The zero-order valence-corrected chi connectivity index (χ0v) is 15.1. The van der Waals surface area contributed by atoms with Crippen molar-refractivity contribution in [3.8, 4) is 11.5 Å². The molecule has 1 heterocycles. The highest BCUT2D eigenvalue weighted by Crippen LogP contribution is 2.31. The number of aryl methyl sites for hydroxylation is 2. The van der Waals surface area contributed by atoms with Crippen molar-refractivity contribution in [2.75, 3.05) is 14.2 Å². The first-order valence-electron chi connectivity index (χ1n) is 7.90. The van der Waals surface area contributed by atoms with E-state index in [9.17, 15) is 14.7 Å². The quantitative estimate of drug-likeness (QED) is 0.778. The number of carbonyl (C=O) groups excluding carboxylic acids is 1. The molecule has 1 atom stereocenters. The number of nitrogens with one attached hydrogen (secondary N) is 1. The van der Waals surface area contributed by atoms with Gasteiger partial charge in [0.15, 0.2) is 0 Å². The smallest absolute Gasteiger partial charge is 0.305 e. The molecule has 1 amide bonds. The highest BCUT2D eigenvalue weighted by Gasteiger charge is 2.23. The number of methoxy groups -OCH3 is 2. The van der Waals surface area contributed by atoms with Crippen LogP contribution in [0.15, 0.2) is 24.4 Å². The number of hydrogen-bond acceptors (Lipinski definition) is 6. The van der Waals surface area contributed by atoms with E-state index in [1.165, 1.54) is 20.4 Å². The van der Waals surface area contributed by atoms with E-state index in [-0.39, 0.29) is 6.42 Å². The molecule has 0 fully saturated rings. The number of nitrogens with zero attached hydrogens (tertiary/aromatic N) is 2. The zero-order chi connectivity index (χ0) is 19.3. The van der Waals surface area contributed by atoms with Crippen LogP contribution < -0.4 is 14.8 Å². The molecule has 0 saturated heterocycles. The summed E-state index contributed by atoms with van der Waals surface area (Å²) in [5.74, 6) is 0.0381. The van der Waals surface area contributed by atoms with Crippen molar-refractivity contribution in [3.05, 3.63) is 47.0 Å². The Bertz CT molecular complexity index is 822. The fraction of sp³-hybridized carbons (Fsp3) is 0.333. The van der Waals surface area contributed by atoms with Crippen LogP contribution in [0.25, 0.3) is 0 Å². The number of rotatable bonds is 7. The van der Waals surface area contributed by atoms with E-state index in [2.05, 4.69) is 15.3 Å². The Balaban J connectivity index is 2.36. The van der Waals surface area contributed by atoms with Crippen molar-refractivity contribution in [1.29, 1.82) is 0 Å². The van der Waals surface area contributed by atoms with Crippen LogP contribution in [0, 0.1) is 13.8 Å². The Labute approximate surface area is 151 Å². The first-order valence-corrected chi connectivity index (χ1v) is 7.90. The minimum atomic E-state index is -1.05. The summed E-state index contributed by atoms with van der Waals surface area (Å²) >= 11 is 0. The van der Waals surface area contributed by atoms with Crippen LogP contribution >= 0.6 is 0 Å². The zero-order valence-electron chi connectivity index (χ0n) is 15.1. The Hall–Kier alpha value is -3.16. The Morgan fingerprint density at radius 2 is 1.96 bits per heavy atom. The average Bonchev–Trinajstić information content (AvgIpc) is 2.60. The number of hydrogen-bond donors (Lipinski definition) is 2. The van der Waals surface area contributed by atoms with Gasteiger partial charge in [0, 0.05) is 17.8 Å². The summed E-state index contributed by atoms with van der Waals surface area (Å²) < 4.78 is 10.5. The molecule has 0 aliphatic carbocycles. The number of aliphatic carboxylic acids is 1. The van der Waals surface area contributed by atoms with E-state index >= 15 is 0 Å². The molecule has 0 radical (unpaired) electrons. The Morgan fingerprint density at radius 1 is 1.23 bits per heavy atom. The second kappa shape index (κ2) is 8.28. The fourth-order valence-electron chi connectivity index (χ4n) is 2.56. The van der Waals surface area contributed by atoms with Gasteiger partial charge in [-0.25, -0.2) is 9.97 Å². The van der Waals surface area contributed by atoms with Gasteiger partial charge < -0.3 is 19.9 Å². The molecule has 0 spiro atoms. The van der Waals surface area contributed by atoms with Gasteiger partial charge in [0.05, 0.1) is 37.9 Å². The maximum atomic E-state index is 12.6. The second-order valence-electron chi connectivity index (χ2n) is 5.65. The van der Waals surface area contributed by atoms with Gasteiger partial charge >= 0.3 is 5.97 Å². The third-order valence-corrected chi connectivity index (χ3v) is 3.84. The molecule has 0 aliphatic heterocycles. The van der Waals surface area contributed by atoms with Gasteiger partial charge in [0.1, 0.15) is 17.3 Å². The van der Waals surface area contributed by atoms with E-state index in [0.29, 0.717) is 34.1 Å². The first kappa shape index (κ1) is 19.2. The third-order valence-electron chi connectivity index (χ3n) is 3.84. The van der Waals surface area contributed by atoms with Gasteiger partial charge in [-0.2, -0.15) is 0 Å². The molecule has 2 rings (SSSR count). The molecule has 8 nitrogen and oxygen atoms in total. The maximum Gasteiger partial charge on any atom is 0.305 e. The molecule has 0 bridgehead atoms. The molecular formula is C18H21N3O5. The molecule has 8 heteroatoms. The van der Waals surface area contributed by atoms with E-state index in [4.69, 9.17) is 9.47 Å². The highest BCUT2D eigenvalue weighted by molar-refractivity contribution is 5.95. The lowest BCUT2D eigenvalue weighted by molar-refractivity contribution is -0.137. The third kappa shape index (κ3) is 4.47. The average molecular weight is 359 g/mol. The minimum absolute atomic E-state index is 0.290. The number of aromatic nitrogens is 2. The lowest BCUT2D eigenvalue weighted by Gasteiger charge is -2.20. The standard InChI is InChI=1S/C18H21N3O5/c1-10-14(9-19-11(2)20-10)18(24)21-15(8-17(22)23)13-6-5-12(25-3)7-16(13)26-4/h5-7,9,15H,8H2,1-4H3,(H,21,24)(H,22,23). The van der Waals surface area contributed by atoms with Gasteiger partial charge in [-0.15, -0.1) is 0 Å². The second-order valence-corrected chi connectivity index (χ2v) is 5.65. The van der Waals surface area contributed by atoms with E-state index in [1.54, 1.807) is 32.0 Å². The van der Waals surface area contributed by atoms with Crippen LogP contribution in [0.1, 0.15) is 39.9 Å². The molecule has 2 aromatic rings. The van der Waals surface area contributed by atoms with Crippen LogP contribution in [-0.2, 0) is 4.79 Å². The van der Waals surface area contributed by atoms with Gasteiger partial charge in [-0.05, 0) is 26.0 Å². The Kier molecular flexibility index (Phi) is 6.11. The molecule has 1 aromatic heterocycles. The normalized spacial score (nSPS) is 11.5. The molecule has 26 heavy (non-hydrogen) atoms. The summed E-state index contributed by atoms with van der Waals surface area (Å²) in [4.78, 5) is 32.1. The van der Waals surface area contributed by atoms with Crippen LogP contribution in [0.5, 0.6) is 11.5 Å². The number of ether oxygens (including phenoxy) is 2. The molecule has 1 aromatic carbocycles. The molecule has 2 N–H and O–H groups in total. The van der Waals surface area contributed by atoms with Crippen molar-refractivity contribution in [1.82, 2.24) is 15.3 Å². The molecule has 0 saturated carbocycles. The summed E-state index contributed by atoms with van der Waals surface area (Å²) in [5, 5.41) is 12.0. The minimum Gasteiger partial charge on any atom is -0.497 e. The lowest BCUT2D eigenvalue weighted by atomic mass is 10.0. The maximum absolute atomic E-state index is 12.6. The summed E-state index contributed by atoms with van der Waals surface area (Å²) in [5.41, 5.74) is 1.35.